The van der Waals surface area contributed by atoms with Gasteiger partial charge in [-0.3, -0.25) is 4.79 Å². The Bertz CT molecular complexity index is 646. The third-order valence-electron chi connectivity index (χ3n) is 2.82. The van der Waals surface area contributed by atoms with Gasteiger partial charge in [-0.15, -0.1) is 0 Å². The molecule has 18 heavy (non-hydrogen) atoms. The molecular weight excluding hydrogens is 253 g/mol. The SMILES string of the molecule is CCNC(=O)C(C)n1c(=S)[nH]c2c(F)cccc21. The zero-order valence-electron chi connectivity index (χ0n) is 10.2. The molecule has 2 aromatic rings. The fraction of sp³-hybridized carbons (Fsp3) is 0.333. The largest absolute Gasteiger partial charge is 0.355 e. The number of carbonyl (C=O) groups is 1. The number of carbonyl (C=O) groups excluding carboxylic acids is 1. The molecule has 0 fully saturated rings. The molecule has 2 rings (SSSR count). The molecule has 6 heteroatoms. The van der Waals surface area contributed by atoms with Crippen molar-refractivity contribution < 1.29 is 9.18 Å². The Morgan fingerprint density at radius 3 is 3.00 bits per heavy atom. The number of halogens is 1. The van der Waals surface area contributed by atoms with E-state index >= 15 is 0 Å². The van der Waals surface area contributed by atoms with Gasteiger partial charge < -0.3 is 14.9 Å². The first-order valence-electron chi connectivity index (χ1n) is 5.72. The predicted octanol–water partition coefficient (Wildman–Crippen LogP) is 2.54. The summed E-state index contributed by atoms with van der Waals surface area (Å²) in [6, 6.07) is 4.21. The van der Waals surface area contributed by atoms with Crippen LogP contribution in [0.5, 0.6) is 0 Å². The Morgan fingerprint density at radius 1 is 1.61 bits per heavy atom. The Hall–Kier alpha value is -1.69. The van der Waals surface area contributed by atoms with E-state index in [1.165, 1.54) is 6.07 Å². The molecule has 0 aliphatic heterocycles. The highest BCUT2D eigenvalue weighted by atomic mass is 32.1. The van der Waals surface area contributed by atoms with Gasteiger partial charge >= 0.3 is 0 Å². The van der Waals surface area contributed by atoms with Crippen molar-refractivity contribution in [3.05, 3.63) is 28.8 Å². The predicted molar refractivity (Wildman–Crippen MR) is 70.5 cm³/mol. The lowest BCUT2D eigenvalue weighted by atomic mass is 10.2. The zero-order chi connectivity index (χ0) is 13.3. The topological polar surface area (TPSA) is 49.8 Å². The molecule has 0 aliphatic rings. The molecule has 1 unspecified atom stereocenters. The van der Waals surface area contributed by atoms with Crippen LogP contribution in [0, 0.1) is 10.6 Å². The van der Waals surface area contributed by atoms with Gasteiger partial charge in [-0.1, -0.05) is 6.07 Å². The number of benzene rings is 1. The van der Waals surface area contributed by atoms with Gasteiger partial charge in [0.25, 0.3) is 0 Å². The normalized spacial score (nSPS) is 12.6. The molecule has 0 saturated heterocycles. The molecule has 4 nitrogen and oxygen atoms in total. The van der Waals surface area contributed by atoms with E-state index in [1.54, 1.807) is 23.6 Å². The molecule has 0 radical (unpaired) electrons. The van der Waals surface area contributed by atoms with Crippen LogP contribution in [0.3, 0.4) is 0 Å². The van der Waals surface area contributed by atoms with Crippen LogP contribution in [-0.4, -0.2) is 22.0 Å². The summed E-state index contributed by atoms with van der Waals surface area (Å²) < 4.78 is 15.6. The number of nitrogens with one attached hydrogen (secondary N) is 2. The summed E-state index contributed by atoms with van der Waals surface area (Å²) in [5.41, 5.74) is 0.928. The molecule has 1 aromatic carbocycles. The quantitative estimate of drug-likeness (QED) is 0.840. The number of aromatic amines is 1. The summed E-state index contributed by atoms with van der Waals surface area (Å²) in [5.74, 6) is -0.515. The number of fused-ring (bicyclic) bond motifs is 1. The minimum absolute atomic E-state index is 0.140. The van der Waals surface area contributed by atoms with Crippen LogP contribution in [0.1, 0.15) is 19.9 Å². The van der Waals surface area contributed by atoms with Gasteiger partial charge in [0.15, 0.2) is 4.77 Å². The van der Waals surface area contributed by atoms with Crippen molar-refractivity contribution in [2.75, 3.05) is 6.54 Å². The second-order valence-electron chi connectivity index (χ2n) is 4.00. The van der Waals surface area contributed by atoms with Gasteiger partial charge in [-0.2, -0.15) is 0 Å². The van der Waals surface area contributed by atoms with E-state index in [9.17, 15) is 9.18 Å². The van der Waals surface area contributed by atoms with E-state index in [0.29, 0.717) is 22.3 Å². The minimum atomic E-state index is -0.479. The van der Waals surface area contributed by atoms with Gasteiger partial charge in [-0.25, -0.2) is 4.39 Å². The van der Waals surface area contributed by atoms with E-state index in [0.717, 1.165) is 0 Å². The maximum atomic E-state index is 13.6. The van der Waals surface area contributed by atoms with Gasteiger partial charge in [0, 0.05) is 6.54 Å². The van der Waals surface area contributed by atoms with Crippen molar-refractivity contribution in [2.24, 2.45) is 0 Å². The van der Waals surface area contributed by atoms with Crippen LogP contribution in [0.2, 0.25) is 0 Å². The second kappa shape index (κ2) is 4.89. The second-order valence-corrected chi connectivity index (χ2v) is 4.39. The van der Waals surface area contributed by atoms with Crippen molar-refractivity contribution in [1.82, 2.24) is 14.9 Å². The third-order valence-corrected chi connectivity index (χ3v) is 3.12. The van der Waals surface area contributed by atoms with Crippen LogP contribution in [0.4, 0.5) is 4.39 Å². The number of imidazole rings is 1. The number of aromatic nitrogens is 2. The van der Waals surface area contributed by atoms with Gasteiger partial charge in [0.2, 0.25) is 5.91 Å². The number of rotatable bonds is 3. The summed E-state index contributed by atoms with van der Waals surface area (Å²) in [6.07, 6.45) is 0. The summed E-state index contributed by atoms with van der Waals surface area (Å²) in [5, 5.41) is 2.73. The smallest absolute Gasteiger partial charge is 0.242 e. The zero-order valence-corrected chi connectivity index (χ0v) is 11.0. The van der Waals surface area contributed by atoms with Crippen LogP contribution in [-0.2, 0) is 4.79 Å². The first-order chi connectivity index (χ1) is 8.56. The van der Waals surface area contributed by atoms with Crippen LogP contribution < -0.4 is 5.32 Å². The Morgan fingerprint density at radius 2 is 2.33 bits per heavy atom. The van der Waals surface area contributed by atoms with Crippen molar-refractivity contribution in [3.63, 3.8) is 0 Å². The molecule has 0 aliphatic carbocycles. The Labute approximate surface area is 109 Å². The highest BCUT2D eigenvalue weighted by Gasteiger charge is 2.18. The van der Waals surface area contributed by atoms with Crippen molar-refractivity contribution in [1.29, 1.82) is 0 Å². The van der Waals surface area contributed by atoms with Gasteiger partial charge in [0.1, 0.15) is 17.4 Å². The number of amides is 1. The molecule has 1 aromatic heterocycles. The summed E-state index contributed by atoms with van der Waals surface area (Å²) >= 11 is 5.15. The van der Waals surface area contributed by atoms with Gasteiger partial charge in [0.05, 0.1) is 5.52 Å². The fourth-order valence-electron chi connectivity index (χ4n) is 1.94. The van der Waals surface area contributed by atoms with Gasteiger partial charge in [-0.05, 0) is 38.2 Å². The van der Waals surface area contributed by atoms with E-state index in [-0.39, 0.29) is 11.7 Å². The average Bonchev–Trinajstić information content (AvgIpc) is 2.66. The molecule has 1 amide bonds. The van der Waals surface area contributed by atoms with Crippen molar-refractivity contribution in [3.8, 4) is 0 Å². The number of likely N-dealkylation sites (N-methyl/N-ethyl adjacent to an activating group) is 1. The lowest BCUT2D eigenvalue weighted by Crippen LogP contribution is -2.30. The third kappa shape index (κ3) is 2.03. The number of hydrogen-bond donors (Lipinski definition) is 2. The number of H-pyrrole nitrogens is 1. The van der Waals surface area contributed by atoms with Crippen LogP contribution >= 0.6 is 12.2 Å². The van der Waals surface area contributed by atoms with Crippen LogP contribution in [0.25, 0.3) is 11.0 Å². The summed E-state index contributed by atoms with van der Waals surface area (Å²) in [7, 11) is 0. The molecule has 1 atom stereocenters. The summed E-state index contributed by atoms with van der Waals surface area (Å²) in [4.78, 5) is 14.6. The monoisotopic (exact) mass is 267 g/mol. The van der Waals surface area contributed by atoms with Crippen molar-refractivity contribution >= 4 is 29.2 Å². The molecule has 2 N–H and O–H groups in total. The number of hydrogen-bond acceptors (Lipinski definition) is 2. The highest BCUT2D eigenvalue weighted by molar-refractivity contribution is 7.71. The number of nitrogens with zero attached hydrogens (tertiary/aromatic N) is 1. The molecule has 0 bridgehead atoms. The van der Waals surface area contributed by atoms with E-state index in [2.05, 4.69) is 10.3 Å². The highest BCUT2D eigenvalue weighted by Crippen LogP contribution is 2.21. The Kier molecular flexibility index (Phi) is 3.47. The Balaban J connectivity index is 2.57. The fourth-order valence-corrected chi connectivity index (χ4v) is 2.30. The first-order valence-corrected chi connectivity index (χ1v) is 6.13. The van der Waals surface area contributed by atoms with E-state index in [1.807, 2.05) is 6.92 Å². The van der Waals surface area contributed by atoms with E-state index in [4.69, 9.17) is 12.2 Å². The average molecular weight is 267 g/mol. The molecular formula is C12H14FN3OS. The molecule has 0 saturated carbocycles. The van der Waals surface area contributed by atoms with Crippen LogP contribution in [0.15, 0.2) is 18.2 Å². The minimum Gasteiger partial charge on any atom is -0.355 e. The first kappa shape index (κ1) is 12.8. The van der Waals surface area contributed by atoms with Crippen molar-refractivity contribution in [2.45, 2.75) is 19.9 Å². The lowest BCUT2D eigenvalue weighted by molar-refractivity contribution is -0.123. The molecule has 0 spiro atoms. The molecule has 1 heterocycles. The number of para-hydroxylation sites is 1. The lowest BCUT2D eigenvalue weighted by Gasteiger charge is -2.13. The maximum absolute atomic E-state index is 13.6. The maximum Gasteiger partial charge on any atom is 0.242 e. The molecule has 96 valence electrons. The summed E-state index contributed by atoms with van der Waals surface area (Å²) in [6.45, 7) is 4.13. The standard InChI is InChI=1S/C12H14FN3OS/c1-3-14-11(17)7(2)16-9-6-4-5-8(13)10(9)15-12(16)18/h4-7H,3H2,1-2H3,(H,14,17)(H,15,18). The van der Waals surface area contributed by atoms with E-state index < -0.39 is 6.04 Å².